The largest absolute Gasteiger partial charge is 0.433 e. The van der Waals surface area contributed by atoms with E-state index < -0.39 is 28.2 Å². The highest BCUT2D eigenvalue weighted by Crippen LogP contribution is 2.44. The molecule has 0 unspecified atom stereocenters. The highest BCUT2D eigenvalue weighted by molar-refractivity contribution is 6.30. The van der Waals surface area contributed by atoms with Gasteiger partial charge in [-0.15, -0.1) is 0 Å². The van der Waals surface area contributed by atoms with Gasteiger partial charge in [0.25, 0.3) is 5.69 Å². The van der Waals surface area contributed by atoms with E-state index in [1.54, 1.807) is 36.4 Å². The average Bonchev–Trinajstić information content (AvgIpc) is 2.95. The number of ether oxygens (including phenoxy) is 2. The zero-order valence-electron chi connectivity index (χ0n) is 15.3. The monoisotopic (exact) mass is 389 g/mol. The molecule has 0 amide bonds. The van der Waals surface area contributed by atoms with E-state index in [-0.39, 0.29) is 17.1 Å². The number of nitro benzene ring substituents is 1. The Morgan fingerprint density at radius 1 is 1.19 bits per heavy atom. The second-order valence-electron chi connectivity index (χ2n) is 7.62. The Labute approximate surface area is 162 Å². The van der Waals surface area contributed by atoms with Crippen molar-refractivity contribution in [3.8, 4) is 0 Å². The molecule has 1 aliphatic rings. The molecule has 0 N–H and O–H groups in total. The van der Waals surface area contributed by atoms with Crippen molar-refractivity contribution in [2.45, 2.75) is 39.1 Å². The standard InChI is InChI=1S/C20H20ClNO5/c1-19(2,3)18-26-17(23)20(27-18,14-7-5-4-6-8-14)12-13-9-10-15(21)11-16(13)22(24)25/h4-11,18H,12H2,1-3H3/t18-,20+/m1/s1. The quantitative estimate of drug-likeness (QED) is 0.432. The number of halogens is 1. The number of carbonyl (C=O) groups is 1. The Balaban J connectivity index is 2.11. The van der Waals surface area contributed by atoms with E-state index in [0.717, 1.165) is 0 Å². The summed E-state index contributed by atoms with van der Waals surface area (Å²) in [5.41, 5.74) is -1.13. The van der Waals surface area contributed by atoms with Crippen molar-refractivity contribution in [1.29, 1.82) is 0 Å². The van der Waals surface area contributed by atoms with E-state index in [2.05, 4.69) is 0 Å². The van der Waals surface area contributed by atoms with E-state index >= 15 is 0 Å². The molecule has 0 saturated carbocycles. The number of nitro groups is 1. The average molecular weight is 390 g/mol. The predicted molar refractivity (Wildman–Crippen MR) is 100 cm³/mol. The SMILES string of the molecule is CC(C)(C)[C@@H]1OC(=O)[C@](Cc2ccc(Cl)cc2[N+](=O)[O-])(c2ccccc2)O1. The number of carbonyl (C=O) groups excluding carboxylic acids is 1. The van der Waals surface area contributed by atoms with Crippen LogP contribution in [0.1, 0.15) is 31.9 Å². The molecule has 0 radical (unpaired) electrons. The smallest absolute Gasteiger partial charge is 0.345 e. The van der Waals surface area contributed by atoms with Gasteiger partial charge in [-0.3, -0.25) is 10.1 Å². The van der Waals surface area contributed by atoms with Crippen LogP contribution in [-0.2, 0) is 26.3 Å². The molecule has 3 rings (SSSR count). The van der Waals surface area contributed by atoms with Gasteiger partial charge in [0.15, 0.2) is 5.60 Å². The van der Waals surface area contributed by atoms with E-state index in [1.807, 2.05) is 26.8 Å². The van der Waals surface area contributed by atoms with Gasteiger partial charge in [-0.1, -0.05) is 68.8 Å². The summed E-state index contributed by atoms with van der Waals surface area (Å²) < 4.78 is 11.7. The number of nitrogens with zero attached hydrogens (tertiary/aromatic N) is 1. The first-order valence-electron chi connectivity index (χ1n) is 8.51. The predicted octanol–water partition coefficient (Wildman–Crippen LogP) is 4.63. The van der Waals surface area contributed by atoms with Crippen LogP contribution >= 0.6 is 11.6 Å². The summed E-state index contributed by atoms with van der Waals surface area (Å²) >= 11 is 5.91. The summed E-state index contributed by atoms with van der Waals surface area (Å²) in [6.45, 7) is 5.70. The molecule has 0 aromatic heterocycles. The van der Waals surface area contributed by atoms with Gasteiger partial charge in [-0.05, 0) is 11.6 Å². The second-order valence-corrected chi connectivity index (χ2v) is 8.06. The molecule has 6 nitrogen and oxygen atoms in total. The number of benzene rings is 2. The maximum absolute atomic E-state index is 13.0. The van der Waals surface area contributed by atoms with E-state index in [4.69, 9.17) is 21.1 Å². The highest BCUT2D eigenvalue weighted by atomic mass is 35.5. The molecule has 2 aromatic carbocycles. The first-order chi connectivity index (χ1) is 12.6. The number of hydrogen-bond donors (Lipinski definition) is 0. The van der Waals surface area contributed by atoms with Crippen molar-refractivity contribution >= 4 is 23.3 Å². The van der Waals surface area contributed by atoms with Crippen molar-refractivity contribution in [2.75, 3.05) is 0 Å². The van der Waals surface area contributed by atoms with Crippen molar-refractivity contribution in [3.63, 3.8) is 0 Å². The highest BCUT2D eigenvalue weighted by Gasteiger charge is 2.55. The van der Waals surface area contributed by atoms with Gasteiger partial charge in [0.1, 0.15) is 0 Å². The Kier molecular flexibility index (Phi) is 4.97. The van der Waals surface area contributed by atoms with E-state index in [1.165, 1.54) is 6.07 Å². The first kappa shape index (κ1) is 19.3. The van der Waals surface area contributed by atoms with Gasteiger partial charge in [0.05, 0.1) is 4.92 Å². The minimum absolute atomic E-state index is 0.0318. The summed E-state index contributed by atoms with van der Waals surface area (Å²) in [6, 6.07) is 13.3. The number of rotatable bonds is 4. The molecule has 0 aliphatic carbocycles. The molecule has 2 aromatic rings. The van der Waals surface area contributed by atoms with Crippen LogP contribution in [0.4, 0.5) is 5.69 Å². The van der Waals surface area contributed by atoms with Gasteiger partial charge < -0.3 is 9.47 Å². The zero-order valence-corrected chi connectivity index (χ0v) is 16.0. The summed E-state index contributed by atoms with van der Waals surface area (Å²) in [7, 11) is 0. The summed E-state index contributed by atoms with van der Waals surface area (Å²) in [4.78, 5) is 23.9. The molecule has 0 bridgehead atoms. The maximum atomic E-state index is 13.0. The number of cyclic esters (lactones) is 1. The molecule has 0 spiro atoms. The molecule has 1 aliphatic heterocycles. The fourth-order valence-corrected chi connectivity index (χ4v) is 3.20. The van der Waals surface area contributed by atoms with Crippen LogP contribution in [0.3, 0.4) is 0 Å². The third kappa shape index (κ3) is 3.68. The minimum Gasteiger partial charge on any atom is -0.433 e. The minimum atomic E-state index is -1.46. The Morgan fingerprint density at radius 3 is 2.41 bits per heavy atom. The number of esters is 1. The summed E-state index contributed by atoms with van der Waals surface area (Å²) in [6.07, 6.45) is -0.799. The van der Waals surface area contributed by atoms with Crippen LogP contribution in [0.25, 0.3) is 0 Å². The van der Waals surface area contributed by atoms with Crippen LogP contribution < -0.4 is 0 Å². The third-order valence-corrected chi connectivity index (χ3v) is 4.72. The van der Waals surface area contributed by atoms with Crippen LogP contribution in [0.2, 0.25) is 5.02 Å². The van der Waals surface area contributed by atoms with Gasteiger partial charge in [-0.25, -0.2) is 4.79 Å². The van der Waals surface area contributed by atoms with Crippen molar-refractivity contribution < 1.29 is 19.2 Å². The molecule has 7 heteroatoms. The molecular formula is C20H20ClNO5. The molecule has 1 fully saturated rings. The van der Waals surface area contributed by atoms with Crippen LogP contribution in [-0.4, -0.2) is 17.2 Å². The fourth-order valence-electron chi connectivity index (χ4n) is 3.03. The molecule has 1 saturated heterocycles. The van der Waals surface area contributed by atoms with Crippen molar-refractivity contribution in [2.24, 2.45) is 5.41 Å². The lowest BCUT2D eigenvalue weighted by Crippen LogP contribution is -2.37. The Morgan fingerprint density at radius 2 is 1.85 bits per heavy atom. The van der Waals surface area contributed by atoms with Crippen LogP contribution in [0, 0.1) is 15.5 Å². The third-order valence-electron chi connectivity index (χ3n) is 4.48. The maximum Gasteiger partial charge on any atom is 0.345 e. The van der Waals surface area contributed by atoms with Gasteiger partial charge in [0.2, 0.25) is 6.29 Å². The zero-order chi connectivity index (χ0) is 19.8. The lowest BCUT2D eigenvalue weighted by molar-refractivity contribution is -0.385. The van der Waals surface area contributed by atoms with E-state index in [0.29, 0.717) is 11.1 Å². The second kappa shape index (κ2) is 6.94. The summed E-state index contributed by atoms with van der Waals surface area (Å²) in [5.74, 6) is -0.558. The first-order valence-corrected chi connectivity index (χ1v) is 8.88. The fraction of sp³-hybridized carbons (Fsp3) is 0.350. The Bertz CT molecular complexity index is 878. The lowest BCUT2D eigenvalue weighted by Gasteiger charge is -2.28. The molecule has 2 atom stereocenters. The Hall–Kier alpha value is -2.44. The van der Waals surface area contributed by atoms with E-state index in [9.17, 15) is 14.9 Å². The van der Waals surface area contributed by atoms with Crippen molar-refractivity contribution in [1.82, 2.24) is 0 Å². The van der Waals surface area contributed by atoms with Crippen LogP contribution in [0.5, 0.6) is 0 Å². The van der Waals surface area contributed by atoms with Crippen molar-refractivity contribution in [3.05, 3.63) is 74.8 Å². The van der Waals surface area contributed by atoms with Gasteiger partial charge in [-0.2, -0.15) is 0 Å². The summed E-state index contributed by atoms with van der Waals surface area (Å²) in [5, 5.41) is 11.7. The molecule has 27 heavy (non-hydrogen) atoms. The van der Waals surface area contributed by atoms with Gasteiger partial charge >= 0.3 is 5.97 Å². The van der Waals surface area contributed by atoms with Crippen LogP contribution in [0.15, 0.2) is 48.5 Å². The van der Waals surface area contributed by atoms with Gasteiger partial charge in [0, 0.05) is 28.5 Å². The molecule has 1 heterocycles. The molecule has 142 valence electrons. The number of hydrogen-bond acceptors (Lipinski definition) is 5. The topological polar surface area (TPSA) is 78.7 Å². The lowest BCUT2D eigenvalue weighted by atomic mass is 9.86. The normalized spacial score (nSPS) is 22.5. The molecular weight excluding hydrogens is 370 g/mol.